The van der Waals surface area contributed by atoms with E-state index < -0.39 is 0 Å². The summed E-state index contributed by atoms with van der Waals surface area (Å²) in [5.41, 5.74) is 9.46. The summed E-state index contributed by atoms with van der Waals surface area (Å²) in [6.07, 6.45) is 3.04. The van der Waals surface area contributed by atoms with Gasteiger partial charge in [0.1, 0.15) is 0 Å². The summed E-state index contributed by atoms with van der Waals surface area (Å²) in [7, 11) is 0. The van der Waals surface area contributed by atoms with E-state index in [1.165, 1.54) is 18.4 Å². The van der Waals surface area contributed by atoms with Gasteiger partial charge in [0, 0.05) is 24.5 Å². The molecule has 2 heterocycles. The van der Waals surface area contributed by atoms with Crippen molar-refractivity contribution in [1.29, 1.82) is 0 Å². The molecule has 0 radical (unpaired) electrons. The van der Waals surface area contributed by atoms with Gasteiger partial charge in [0.05, 0.1) is 0 Å². The number of guanidine groups is 2. The molecule has 0 bridgehead atoms. The van der Waals surface area contributed by atoms with E-state index in [0.717, 1.165) is 36.8 Å². The van der Waals surface area contributed by atoms with Crippen LogP contribution in [0, 0.1) is 0 Å². The average molecular weight is 362 g/mol. The minimum atomic E-state index is -0.340. The Kier molecular flexibility index (Phi) is 4.96. The molecule has 2 aromatic carbocycles. The maximum absolute atomic E-state index is 6.09. The van der Waals surface area contributed by atoms with Crippen molar-refractivity contribution in [3.63, 3.8) is 0 Å². The van der Waals surface area contributed by atoms with Crippen LogP contribution in [0.4, 0.5) is 11.4 Å². The monoisotopic (exact) mass is 362 g/mol. The number of para-hydroxylation sites is 1. The molecule has 4 rings (SSSR count). The molecule has 1 unspecified atom stereocenters. The Bertz CT molecular complexity index is 822. The van der Waals surface area contributed by atoms with Gasteiger partial charge >= 0.3 is 0 Å². The van der Waals surface area contributed by atoms with Crippen molar-refractivity contribution in [1.82, 2.24) is 4.90 Å². The molecule has 1 fully saturated rings. The first kappa shape index (κ1) is 17.4. The number of nitrogens with one attached hydrogen (secondary N) is 1. The predicted octanol–water partition coefficient (Wildman–Crippen LogP) is 3.23. The van der Waals surface area contributed by atoms with Gasteiger partial charge in [-0.3, -0.25) is 4.90 Å². The molecule has 0 saturated carbocycles. The van der Waals surface area contributed by atoms with Crippen molar-refractivity contribution in [3.8, 4) is 0 Å². The molecule has 2 aliphatic rings. The molecule has 140 valence electrons. The third kappa shape index (κ3) is 3.74. The highest BCUT2D eigenvalue weighted by Gasteiger charge is 2.32. The lowest BCUT2D eigenvalue weighted by Gasteiger charge is -2.38. The Hall–Kier alpha value is -3.02. The number of rotatable bonds is 4. The summed E-state index contributed by atoms with van der Waals surface area (Å²) >= 11 is 0. The Morgan fingerprint density at radius 2 is 1.74 bits per heavy atom. The van der Waals surface area contributed by atoms with Crippen LogP contribution < -0.4 is 16.0 Å². The summed E-state index contributed by atoms with van der Waals surface area (Å²) in [6.45, 7) is 4.14. The Morgan fingerprint density at radius 1 is 1.04 bits per heavy atom. The molecule has 3 N–H and O–H groups in total. The van der Waals surface area contributed by atoms with Gasteiger partial charge in [-0.2, -0.15) is 4.99 Å². The molecule has 0 spiro atoms. The quantitative estimate of drug-likeness (QED) is 0.876. The highest BCUT2D eigenvalue weighted by molar-refractivity contribution is 6.06. The Balaban J connectivity index is 1.68. The fourth-order valence-electron chi connectivity index (χ4n) is 3.55. The third-order valence-electron chi connectivity index (χ3n) is 5.01. The summed E-state index contributed by atoms with van der Waals surface area (Å²) in [5.74, 6) is 1.18. The van der Waals surface area contributed by atoms with Crippen LogP contribution in [-0.2, 0) is 6.42 Å². The highest BCUT2D eigenvalue weighted by Crippen LogP contribution is 2.25. The van der Waals surface area contributed by atoms with E-state index in [0.29, 0.717) is 5.96 Å². The summed E-state index contributed by atoms with van der Waals surface area (Å²) in [4.78, 5) is 13.6. The van der Waals surface area contributed by atoms with E-state index >= 15 is 0 Å². The van der Waals surface area contributed by atoms with Crippen LogP contribution in [0.2, 0.25) is 0 Å². The second-order valence-electron chi connectivity index (χ2n) is 6.87. The zero-order valence-corrected chi connectivity index (χ0v) is 15.7. The second-order valence-corrected chi connectivity index (χ2v) is 6.87. The van der Waals surface area contributed by atoms with Crippen LogP contribution in [0.1, 0.15) is 25.3 Å². The topological polar surface area (TPSA) is 69.2 Å². The van der Waals surface area contributed by atoms with Crippen LogP contribution in [0.15, 0.2) is 64.6 Å². The molecule has 6 heteroatoms. The maximum atomic E-state index is 6.09. The first-order valence-electron chi connectivity index (χ1n) is 9.61. The number of anilines is 2. The van der Waals surface area contributed by atoms with Gasteiger partial charge in [-0.05, 0) is 49.1 Å². The van der Waals surface area contributed by atoms with E-state index in [-0.39, 0.29) is 6.29 Å². The van der Waals surface area contributed by atoms with E-state index in [9.17, 15) is 0 Å². The minimum absolute atomic E-state index is 0.312. The molecular formula is C21H26N6. The fourth-order valence-corrected chi connectivity index (χ4v) is 3.55. The van der Waals surface area contributed by atoms with Crippen LogP contribution >= 0.6 is 0 Å². The van der Waals surface area contributed by atoms with Crippen LogP contribution in [-0.4, -0.2) is 36.2 Å². The normalized spacial score (nSPS) is 19.7. The number of hydrogen-bond donors (Lipinski definition) is 2. The van der Waals surface area contributed by atoms with Gasteiger partial charge in [-0.25, -0.2) is 4.99 Å². The molecule has 1 atom stereocenters. The van der Waals surface area contributed by atoms with Crippen molar-refractivity contribution in [2.45, 2.75) is 32.5 Å². The lowest BCUT2D eigenvalue weighted by molar-refractivity contribution is 0.497. The summed E-state index contributed by atoms with van der Waals surface area (Å²) in [6, 6.07) is 18.7. The first-order valence-corrected chi connectivity index (χ1v) is 9.61. The van der Waals surface area contributed by atoms with Gasteiger partial charge in [0.2, 0.25) is 18.2 Å². The van der Waals surface area contributed by atoms with Crippen molar-refractivity contribution in [2.75, 3.05) is 23.3 Å². The molecular weight excluding hydrogens is 336 g/mol. The lowest BCUT2D eigenvalue weighted by Crippen LogP contribution is -2.54. The van der Waals surface area contributed by atoms with E-state index in [1.807, 2.05) is 18.2 Å². The minimum Gasteiger partial charge on any atom is -0.368 e. The van der Waals surface area contributed by atoms with Gasteiger partial charge in [-0.15, -0.1) is 0 Å². The van der Waals surface area contributed by atoms with E-state index in [1.54, 1.807) is 0 Å². The van der Waals surface area contributed by atoms with E-state index in [2.05, 4.69) is 68.4 Å². The number of nitrogens with two attached hydrogens (primary N) is 1. The number of benzene rings is 2. The molecule has 2 aliphatic heterocycles. The smallest absolute Gasteiger partial charge is 0.222 e. The molecule has 0 aliphatic carbocycles. The van der Waals surface area contributed by atoms with Crippen molar-refractivity contribution in [2.24, 2.45) is 15.7 Å². The molecule has 0 amide bonds. The van der Waals surface area contributed by atoms with Gasteiger partial charge in [-0.1, -0.05) is 37.3 Å². The lowest BCUT2D eigenvalue weighted by atomic mass is 10.1. The fraction of sp³-hybridized carbons (Fsp3) is 0.333. The van der Waals surface area contributed by atoms with Crippen LogP contribution in [0.3, 0.4) is 0 Å². The molecule has 6 nitrogen and oxygen atoms in total. The van der Waals surface area contributed by atoms with Gasteiger partial charge in [0.25, 0.3) is 0 Å². The predicted molar refractivity (Wildman–Crippen MR) is 112 cm³/mol. The van der Waals surface area contributed by atoms with Crippen molar-refractivity contribution >= 4 is 23.3 Å². The molecule has 0 aromatic heterocycles. The van der Waals surface area contributed by atoms with E-state index in [4.69, 9.17) is 5.73 Å². The first-order chi connectivity index (χ1) is 13.2. The molecule has 1 saturated heterocycles. The van der Waals surface area contributed by atoms with Gasteiger partial charge in [0.15, 0.2) is 0 Å². The number of hydrogen-bond acceptors (Lipinski definition) is 6. The van der Waals surface area contributed by atoms with Crippen molar-refractivity contribution < 1.29 is 0 Å². The highest BCUT2D eigenvalue weighted by atomic mass is 15.5. The second kappa shape index (κ2) is 7.70. The molecule has 2 aromatic rings. The number of nitrogens with zero attached hydrogens (tertiary/aromatic N) is 4. The number of likely N-dealkylation sites (tertiary alicyclic amines) is 1. The SMILES string of the molecule is CCc1ccc(NC2N=C(N)N=C(N3CCCC3)N2c2ccccc2)cc1. The van der Waals surface area contributed by atoms with Gasteiger partial charge < -0.3 is 16.0 Å². The number of aryl methyl sites for hydroxylation is 1. The summed E-state index contributed by atoms with van der Waals surface area (Å²) < 4.78 is 0. The zero-order valence-electron chi connectivity index (χ0n) is 15.7. The van der Waals surface area contributed by atoms with Crippen LogP contribution in [0.25, 0.3) is 0 Å². The Labute approximate surface area is 160 Å². The number of aliphatic imine (C=N–C) groups is 2. The zero-order chi connectivity index (χ0) is 18.6. The Morgan fingerprint density at radius 3 is 2.41 bits per heavy atom. The standard InChI is InChI=1S/C21H26N6/c1-2-16-10-12-17(13-11-16)23-20-24-19(22)25-21(26-14-6-7-15-26)27(20)18-8-4-3-5-9-18/h3-5,8-13,20,23H,2,6-7,14-15H2,1H3,(H2,22,24). The molecule has 27 heavy (non-hydrogen) atoms. The summed E-state index contributed by atoms with van der Waals surface area (Å²) in [5, 5.41) is 3.52. The van der Waals surface area contributed by atoms with Crippen molar-refractivity contribution in [3.05, 3.63) is 60.2 Å². The van der Waals surface area contributed by atoms with Crippen LogP contribution in [0.5, 0.6) is 0 Å². The average Bonchev–Trinajstić information content (AvgIpc) is 3.23. The maximum Gasteiger partial charge on any atom is 0.222 e. The third-order valence-corrected chi connectivity index (χ3v) is 5.01. The largest absolute Gasteiger partial charge is 0.368 e.